The van der Waals surface area contributed by atoms with Crippen LogP contribution in [0, 0.1) is 10.1 Å². The number of aromatic nitrogens is 4. The van der Waals surface area contributed by atoms with Gasteiger partial charge >= 0.3 is 21.3 Å². The first-order valence-electron chi connectivity index (χ1n) is 12.0. The van der Waals surface area contributed by atoms with Crippen LogP contribution in [-0.2, 0) is 27.4 Å². The Morgan fingerprint density at radius 2 is 1.98 bits per heavy atom. The number of nitrogens with zero attached hydrogens (tertiary/aromatic N) is 4. The number of aromatic amines is 1. The fourth-order valence-electron chi connectivity index (χ4n) is 4.12. The molecule has 42 heavy (non-hydrogen) atoms. The van der Waals surface area contributed by atoms with Crippen LogP contribution in [0.3, 0.4) is 0 Å². The molecule has 0 bridgehead atoms. The molecule has 4 rings (SSSR count). The first-order valence-corrected chi connectivity index (χ1v) is 16.0. The third kappa shape index (κ3) is 7.08. The molecule has 0 spiro atoms. The summed E-state index contributed by atoms with van der Waals surface area (Å²) < 4.78 is 45.2. The van der Waals surface area contributed by atoms with Gasteiger partial charge < -0.3 is 29.1 Å². The molecule has 1 aromatic carbocycles. The predicted octanol–water partition coefficient (Wildman–Crippen LogP) is 1.63. The Morgan fingerprint density at radius 1 is 1.29 bits per heavy atom. The number of anilines is 1. The minimum atomic E-state index is -4.16. The lowest BCUT2D eigenvalue weighted by atomic mass is 10.1. The molecular formula is C21H26N6O13P2. The lowest BCUT2D eigenvalue weighted by Crippen LogP contribution is -2.33. The number of hydrogen-bond donors (Lipinski definition) is 5. The maximum Gasteiger partial charge on any atom is 0.414 e. The Labute approximate surface area is 235 Å². The summed E-state index contributed by atoms with van der Waals surface area (Å²) in [6.07, 6.45) is -7.00. The number of nitro groups is 1. The average molecular weight is 632 g/mol. The van der Waals surface area contributed by atoms with Crippen LogP contribution >= 0.6 is 15.2 Å². The van der Waals surface area contributed by atoms with Crippen LogP contribution in [0.4, 0.5) is 16.4 Å². The Morgan fingerprint density at radius 3 is 2.64 bits per heavy atom. The van der Waals surface area contributed by atoms with E-state index >= 15 is 0 Å². The van der Waals surface area contributed by atoms with Crippen molar-refractivity contribution in [3.63, 3.8) is 0 Å². The van der Waals surface area contributed by atoms with Gasteiger partial charge in [0.1, 0.15) is 24.4 Å². The van der Waals surface area contributed by atoms with Crippen LogP contribution in [0.1, 0.15) is 24.8 Å². The number of ether oxygens (including phenoxy) is 2. The highest BCUT2D eigenvalue weighted by Gasteiger charge is 2.45. The van der Waals surface area contributed by atoms with Crippen molar-refractivity contribution in [1.29, 1.82) is 0 Å². The molecular weight excluding hydrogens is 606 g/mol. The summed E-state index contributed by atoms with van der Waals surface area (Å²) in [7, 11) is -8.21. The van der Waals surface area contributed by atoms with Gasteiger partial charge in [0.15, 0.2) is 17.4 Å². The van der Waals surface area contributed by atoms with Crippen LogP contribution in [-0.4, -0.2) is 83.9 Å². The molecule has 1 fully saturated rings. The first kappa shape index (κ1) is 31.4. The van der Waals surface area contributed by atoms with E-state index in [1.807, 2.05) is 0 Å². The largest absolute Gasteiger partial charge is 0.441 e. The maximum atomic E-state index is 12.6. The van der Waals surface area contributed by atoms with E-state index in [0.717, 1.165) is 24.2 Å². The summed E-state index contributed by atoms with van der Waals surface area (Å²) in [4.78, 5) is 55.4. The average Bonchev–Trinajstić information content (AvgIpc) is 3.42. The minimum Gasteiger partial charge on any atom is -0.441 e. The van der Waals surface area contributed by atoms with E-state index in [2.05, 4.69) is 24.6 Å². The number of H-pyrrole nitrogens is 1. The molecule has 7 atom stereocenters. The fourth-order valence-corrected chi connectivity index (χ4v) is 6.93. The second-order valence-electron chi connectivity index (χ2n) is 9.23. The van der Waals surface area contributed by atoms with Gasteiger partial charge in [0.05, 0.1) is 23.4 Å². The number of rotatable bonds is 10. The van der Waals surface area contributed by atoms with Crippen LogP contribution in [0.2, 0.25) is 0 Å². The molecule has 0 aliphatic carbocycles. The minimum absolute atomic E-state index is 0.128. The van der Waals surface area contributed by atoms with Crippen LogP contribution < -0.4 is 10.9 Å². The molecule has 1 saturated heterocycles. The molecule has 0 saturated carbocycles. The second-order valence-corrected chi connectivity index (χ2v) is 13.3. The molecule has 1 amide bonds. The summed E-state index contributed by atoms with van der Waals surface area (Å²) in [5.41, 5.74) is -1.34. The number of para-hydroxylation sites is 1. The van der Waals surface area contributed by atoms with Gasteiger partial charge in [-0.05, 0) is 13.0 Å². The lowest BCUT2D eigenvalue weighted by Gasteiger charge is -2.19. The van der Waals surface area contributed by atoms with Crippen LogP contribution in [0.5, 0.6) is 0 Å². The van der Waals surface area contributed by atoms with Gasteiger partial charge in [-0.15, -0.1) is 0 Å². The number of imidazole rings is 1. The third-order valence-corrected chi connectivity index (χ3v) is 8.91. The van der Waals surface area contributed by atoms with E-state index in [9.17, 15) is 43.9 Å². The number of hydrogen-bond acceptors (Lipinski definition) is 14. The molecule has 3 aromatic rings. The quantitative estimate of drug-likeness (QED) is 0.121. The molecule has 5 N–H and O–H groups in total. The molecule has 21 heteroatoms. The van der Waals surface area contributed by atoms with E-state index in [0.29, 0.717) is 0 Å². The molecule has 4 unspecified atom stereocenters. The van der Waals surface area contributed by atoms with Crippen molar-refractivity contribution in [2.75, 3.05) is 25.3 Å². The number of aliphatic hydroxyl groups excluding tert-OH is 2. The highest BCUT2D eigenvalue weighted by molar-refractivity contribution is 7.65. The smallest absolute Gasteiger partial charge is 0.414 e. The standard InChI is InChI=1S/C21H26N6O13P2/c1-10(11-6-4-5-7-12(11)27(32)33)38-21(31)25-20-23-17-14(18(30)24-20)22-9-26(17)19-16(29)15(28)13(39-19)8-37-42(3,36)40-41(2,34)35/h4-7,9-10,13,15-16,19,28-29H,8H2,1-3H3,(H,34,35)(H2,23,24,25,30,31)/t10?,13-,15+,16?,19-,42?/m1/s1. The van der Waals surface area contributed by atoms with Crippen LogP contribution in [0.15, 0.2) is 35.4 Å². The van der Waals surface area contributed by atoms with Gasteiger partial charge in [-0.1, -0.05) is 12.1 Å². The highest BCUT2D eigenvalue weighted by atomic mass is 31.3. The van der Waals surface area contributed by atoms with Gasteiger partial charge in [0, 0.05) is 19.4 Å². The van der Waals surface area contributed by atoms with Crippen molar-refractivity contribution in [3.05, 3.63) is 56.6 Å². The van der Waals surface area contributed by atoms with E-state index in [1.165, 1.54) is 31.2 Å². The van der Waals surface area contributed by atoms with Crippen molar-refractivity contribution in [1.82, 2.24) is 19.5 Å². The van der Waals surface area contributed by atoms with Crippen molar-refractivity contribution in [2.45, 2.75) is 37.6 Å². The molecule has 19 nitrogen and oxygen atoms in total. The number of carbonyl (C=O) groups is 1. The van der Waals surface area contributed by atoms with Crippen molar-refractivity contribution >= 4 is 44.1 Å². The number of nitrogens with one attached hydrogen (secondary N) is 2. The third-order valence-electron chi connectivity index (χ3n) is 5.89. The fraction of sp³-hybridized carbons (Fsp3) is 0.429. The van der Waals surface area contributed by atoms with Gasteiger partial charge in [-0.3, -0.25) is 38.9 Å². The van der Waals surface area contributed by atoms with Gasteiger partial charge in [0.2, 0.25) is 5.95 Å². The van der Waals surface area contributed by atoms with Crippen molar-refractivity contribution in [3.8, 4) is 0 Å². The number of fused-ring (bicyclic) bond motifs is 1. The van der Waals surface area contributed by atoms with Crippen molar-refractivity contribution < 1.29 is 52.3 Å². The van der Waals surface area contributed by atoms with E-state index in [-0.39, 0.29) is 22.4 Å². The monoisotopic (exact) mass is 632 g/mol. The molecule has 0 radical (unpaired) electrons. The first-order chi connectivity index (χ1) is 19.6. The molecule has 1 aliphatic rings. The van der Waals surface area contributed by atoms with Gasteiger partial charge in [0.25, 0.3) is 11.2 Å². The molecule has 228 valence electrons. The highest BCUT2D eigenvalue weighted by Crippen LogP contribution is 2.58. The Hall–Kier alpha value is -3.54. The Bertz CT molecular complexity index is 1650. The zero-order valence-corrected chi connectivity index (χ0v) is 23.9. The predicted molar refractivity (Wildman–Crippen MR) is 142 cm³/mol. The summed E-state index contributed by atoms with van der Waals surface area (Å²) in [6.45, 7) is 2.55. The topological polar surface area (TPSA) is 268 Å². The summed E-state index contributed by atoms with van der Waals surface area (Å²) >= 11 is 0. The van der Waals surface area contributed by atoms with Gasteiger partial charge in [-0.2, -0.15) is 4.98 Å². The zero-order valence-electron chi connectivity index (χ0n) is 22.1. The van der Waals surface area contributed by atoms with E-state index < -0.39 is 75.0 Å². The van der Waals surface area contributed by atoms with Gasteiger partial charge in [-0.25, -0.2) is 14.1 Å². The maximum absolute atomic E-state index is 12.6. The summed E-state index contributed by atoms with van der Waals surface area (Å²) in [5, 5.41) is 34.6. The van der Waals surface area contributed by atoms with E-state index in [1.54, 1.807) is 0 Å². The second kappa shape index (κ2) is 12.0. The molecule has 2 aromatic heterocycles. The summed E-state index contributed by atoms with van der Waals surface area (Å²) in [5.74, 6) is -0.404. The molecule has 3 heterocycles. The van der Waals surface area contributed by atoms with Crippen LogP contribution in [0.25, 0.3) is 11.2 Å². The number of carbonyl (C=O) groups excluding carboxylic acids is 1. The number of benzene rings is 1. The van der Waals surface area contributed by atoms with E-state index in [4.69, 9.17) is 14.0 Å². The number of nitro benzene ring substituents is 1. The Balaban J connectivity index is 1.50. The number of amides is 1. The Kier molecular flexibility index (Phi) is 8.96. The van der Waals surface area contributed by atoms with Crippen molar-refractivity contribution in [2.24, 2.45) is 0 Å². The number of aliphatic hydroxyl groups is 2. The zero-order chi connectivity index (χ0) is 31.0. The normalized spacial score (nSPS) is 24.0. The molecule has 1 aliphatic heterocycles. The SMILES string of the molecule is CC(OC(=O)Nc1nc2c(ncn2[C@@H]2O[C@H](COP(C)(=O)OP(C)(=O)O)[C@H](O)C2O)c(=O)[nH]1)c1ccccc1[N+](=O)[O-]. The lowest BCUT2D eigenvalue weighted by molar-refractivity contribution is -0.386. The summed E-state index contributed by atoms with van der Waals surface area (Å²) in [6, 6.07) is 5.66.